The van der Waals surface area contributed by atoms with Crippen LogP contribution in [-0.4, -0.2) is 14.8 Å². The summed E-state index contributed by atoms with van der Waals surface area (Å²) in [5, 5.41) is 3.43. The van der Waals surface area contributed by atoms with Gasteiger partial charge in [0.15, 0.2) is 5.69 Å². The average Bonchev–Trinajstić information content (AvgIpc) is 2.57. The number of hydrogen-bond donors (Lipinski definition) is 0. The van der Waals surface area contributed by atoms with Crippen molar-refractivity contribution in [2.24, 2.45) is 0 Å². The Balaban J connectivity index is 2.59. The van der Waals surface area contributed by atoms with Crippen LogP contribution in [0.15, 0.2) is 24.5 Å². The van der Waals surface area contributed by atoms with Gasteiger partial charge in [0.2, 0.25) is 0 Å². The summed E-state index contributed by atoms with van der Waals surface area (Å²) in [7, 11) is 0. The Morgan fingerprint density at radius 3 is 2.29 bits per heavy atom. The molecule has 0 spiro atoms. The van der Waals surface area contributed by atoms with Gasteiger partial charge in [0, 0.05) is 18.0 Å². The Labute approximate surface area is 99.8 Å². The molecule has 0 fully saturated rings. The third-order valence-corrected chi connectivity index (χ3v) is 2.67. The fourth-order valence-electron chi connectivity index (χ4n) is 1.40. The second-order valence-electron chi connectivity index (χ2n) is 3.38. The highest BCUT2D eigenvalue weighted by atomic mass is 35.5. The fourth-order valence-corrected chi connectivity index (χ4v) is 1.63. The highest BCUT2D eigenvalue weighted by Crippen LogP contribution is 2.34. The topological polar surface area (TPSA) is 30.7 Å². The quantitative estimate of drug-likeness (QED) is 0.789. The van der Waals surface area contributed by atoms with Gasteiger partial charge in [0.25, 0.3) is 0 Å². The van der Waals surface area contributed by atoms with E-state index in [1.165, 1.54) is 31.5 Å². The van der Waals surface area contributed by atoms with Crippen LogP contribution in [0.4, 0.5) is 13.2 Å². The van der Waals surface area contributed by atoms with E-state index in [1.807, 2.05) is 0 Å². The zero-order valence-electron chi connectivity index (χ0n) is 8.66. The molecule has 2 heterocycles. The van der Waals surface area contributed by atoms with Gasteiger partial charge < -0.3 is 0 Å². The van der Waals surface area contributed by atoms with E-state index in [-0.39, 0.29) is 10.7 Å². The smallest absolute Gasteiger partial charge is 0.265 e. The molecule has 3 nitrogen and oxygen atoms in total. The van der Waals surface area contributed by atoms with Crippen molar-refractivity contribution in [3.05, 3.63) is 40.9 Å². The Morgan fingerprint density at radius 1 is 1.24 bits per heavy atom. The lowest BCUT2D eigenvalue weighted by Crippen LogP contribution is -2.08. The molecule has 0 atom stereocenters. The molecule has 0 amide bonds. The summed E-state index contributed by atoms with van der Waals surface area (Å²) in [5.74, 6) is 0. The van der Waals surface area contributed by atoms with E-state index in [9.17, 15) is 13.2 Å². The van der Waals surface area contributed by atoms with Crippen molar-refractivity contribution in [3.63, 3.8) is 0 Å². The molecule has 0 aromatic carbocycles. The molecule has 90 valence electrons. The molecule has 0 saturated heterocycles. The van der Waals surface area contributed by atoms with E-state index in [0.717, 1.165) is 4.68 Å². The molecule has 7 heteroatoms. The third-order valence-electron chi connectivity index (χ3n) is 2.23. The van der Waals surface area contributed by atoms with Crippen LogP contribution >= 0.6 is 11.6 Å². The van der Waals surface area contributed by atoms with Crippen molar-refractivity contribution < 1.29 is 13.2 Å². The second-order valence-corrected chi connectivity index (χ2v) is 3.74. The summed E-state index contributed by atoms with van der Waals surface area (Å²) in [4.78, 5) is 3.77. The van der Waals surface area contributed by atoms with Crippen LogP contribution in [0.2, 0.25) is 5.15 Å². The highest BCUT2D eigenvalue weighted by Gasteiger charge is 2.37. The summed E-state index contributed by atoms with van der Waals surface area (Å²) >= 11 is 5.83. The molecule has 2 rings (SSSR count). The SMILES string of the molecule is Cc1c(C(F)(F)F)nn(-c2ccncc2)c1Cl. The maximum atomic E-state index is 12.6. The third kappa shape index (κ3) is 2.12. The first-order chi connectivity index (χ1) is 7.91. The number of pyridine rings is 1. The summed E-state index contributed by atoms with van der Waals surface area (Å²) in [6.45, 7) is 1.29. The molecule has 0 unspecified atom stereocenters. The molecule has 0 aliphatic carbocycles. The molecule has 0 aliphatic heterocycles. The normalized spacial score (nSPS) is 11.8. The Kier molecular flexibility index (Phi) is 2.82. The van der Waals surface area contributed by atoms with E-state index < -0.39 is 11.9 Å². The lowest BCUT2D eigenvalue weighted by atomic mass is 10.3. The van der Waals surface area contributed by atoms with Gasteiger partial charge in [0.05, 0.1) is 5.69 Å². The van der Waals surface area contributed by atoms with E-state index >= 15 is 0 Å². The van der Waals surface area contributed by atoms with Crippen molar-refractivity contribution in [1.82, 2.24) is 14.8 Å². The van der Waals surface area contributed by atoms with Crippen LogP contribution in [0.25, 0.3) is 5.69 Å². The molecular weight excluding hydrogens is 255 g/mol. The molecule has 17 heavy (non-hydrogen) atoms. The van der Waals surface area contributed by atoms with Crippen LogP contribution in [0.5, 0.6) is 0 Å². The van der Waals surface area contributed by atoms with Crippen molar-refractivity contribution in [3.8, 4) is 5.69 Å². The lowest BCUT2D eigenvalue weighted by molar-refractivity contribution is -0.141. The van der Waals surface area contributed by atoms with Gasteiger partial charge in [-0.1, -0.05) is 11.6 Å². The first kappa shape index (κ1) is 11.9. The highest BCUT2D eigenvalue weighted by molar-refractivity contribution is 6.30. The zero-order valence-corrected chi connectivity index (χ0v) is 9.42. The first-order valence-corrected chi connectivity index (χ1v) is 5.02. The van der Waals surface area contributed by atoms with Gasteiger partial charge in [-0.15, -0.1) is 0 Å². The minimum atomic E-state index is -4.51. The van der Waals surface area contributed by atoms with Crippen LogP contribution in [0.1, 0.15) is 11.3 Å². The molecule has 0 bridgehead atoms. The maximum Gasteiger partial charge on any atom is 0.435 e. The van der Waals surface area contributed by atoms with Crippen LogP contribution in [-0.2, 0) is 6.18 Å². The Hall–Kier alpha value is -1.56. The van der Waals surface area contributed by atoms with E-state index in [2.05, 4.69) is 10.1 Å². The number of aromatic nitrogens is 3. The Morgan fingerprint density at radius 2 is 1.82 bits per heavy atom. The van der Waals surface area contributed by atoms with Gasteiger partial charge in [-0.2, -0.15) is 18.3 Å². The maximum absolute atomic E-state index is 12.6. The first-order valence-electron chi connectivity index (χ1n) is 4.64. The van der Waals surface area contributed by atoms with Gasteiger partial charge >= 0.3 is 6.18 Å². The van der Waals surface area contributed by atoms with Crippen molar-refractivity contribution >= 4 is 11.6 Å². The standard InChI is InChI=1S/C10H7ClF3N3/c1-6-8(10(12,13)14)16-17(9(6)11)7-2-4-15-5-3-7/h2-5H,1H3. The summed E-state index contributed by atoms with van der Waals surface area (Å²) < 4.78 is 38.9. The zero-order chi connectivity index (χ0) is 12.6. The lowest BCUT2D eigenvalue weighted by Gasteiger charge is -2.02. The largest absolute Gasteiger partial charge is 0.435 e. The second kappa shape index (κ2) is 4.03. The monoisotopic (exact) mass is 261 g/mol. The van der Waals surface area contributed by atoms with Crippen molar-refractivity contribution in [2.75, 3.05) is 0 Å². The summed E-state index contributed by atoms with van der Waals surface area (Å²) in [5.41, 5.74) is -0.626. The van der Waals surface area contributed by atoms with Gasteiger partial charge in [-0.05, 0) is 19.1 Å². The molecule has 0 N–H and O–H groups in total. The molecular formula is C10H7ClF3N3. The van der Waals surface area contributed by atoms with Crippen molar-refractivity contribution in [2.45, 2.75) is 13.1 Å². The molecule has 0 aliphatic rings. The summed E-state index contributed by atoms with van der Waals surface area (Å²) in [6.07, 6.45) is -1.60. The van der Waals surface area contributed by atoms with Gasteiger partial charge in [0.1, 0.15) is 5.15 Å². The van der Waals surface area contributed by atoms with Crippen LogP contribution in [0, 0.1) is 6.92 Å². The molecule has 2 aromatic heterocycles. The predicted octanol–water partition coefficient (Wildman–Crippen LogP) is 3.25. The van der Waals surface area contributed by atoms with Crippen LogP contribution < -0.4 is 0 Å². The number of nitrogens with zero attached hydrogens (tertiary/aromatic N) is 3. The minimum absolute atomic E-state index is 0.0523. The van der Waals surface area contributed by atoms with Gasteiger partial charge in [-0.3, -0.25) is 4.98 Å². The number of hydrogen-bond acceptors (Lipinski definition) is 2. The number of rotatable bonds is 1. The Bertz CT molecular complexity index is 534. The molecule has 0 saturated carbocycles. The average molecular weight is 262 g/mol. The predicted molar refractivity (Wildman–Crippen MR) is 56.1 cm³/mol. The van der Waals surface area contributed by atoms with E-state index in [4.69, 9.17) is 11.6 Å². The molecule has 2 aromatic rings. The van der Waals surface area contributed by atoms with Gasteiger partial charge in [-0.25, -0.2) is 4.68 Å². The number of alkyl halides is 3. The summed E-state index contributed by atoms with van der Waals surface area (Å²) in [6, 6.07) is 3.05. The minimum Gasteiger partial charge on any atom is -0.265 e. The fraction of sp³-hybridized carbons (Fsp3) is 0.200. The molecule has 0 radical (unpaired) electrons. The van der Waals surface area contributed by atoms with Crippen molar-refractivity contribution in [1.29, 1.82) is 0 Å². The number of halogens is 4. The van der Waals surface area contributed by atoms with E-state index in [0.29, 0.717) is 5.69 Å². The van der Waals surface area contributed by atoms with Crippen LogP contribution in [0.3, 0.4) is 0 Å². The van der Waals surface area contributed by atoms with E-state index in [1.54, 1.807) is 0 Å².